The number of nitrogens with zero attached hydrogens (tertiary/aromatic N) is 1. The van der Waals surface area contributed by atoms with Crippen LogP contribution in [0.15, 0.2) is 0 Å². The van der Waals surface area contributed by atoms with Gasteiger partial charge in [-0.05, 0) is 50.5 Å². The van der Waals surface area contributed by atoms with Crippen molar-refractivity contribution in [3.63, 3.8) is 0 Å². The molecule has 19 heavy (non-hydrogen) atoms. The van der Waals surface area contributed by atoms with Crippen molar-refractivity contribution in [1.29, 1.82) is 0 Å². The van der Waals surface area contributed by atoms with Crippen LogP contribution >= 0.6 is 0 Å². The van der Waals surface area contributed by atoms with E-state index in [1.165, 1.54) is 38.5 Å². The Balaban J connectivity index is 1.88. The van der Waals surface area contributed by atoms with E-state index in [9.17, 15) is 4.79 Å². The second-order valence-electron chi connectivity index (χ2n) is 6.62. The molecule has 2 aliphatic heterocycles. The average molecular weight is 266 g/mol. The van der Waals surface area contributed by atoms with Crippen molar-refractivity contribution >= 4 is 5.91 Å². The Hall–Kier alpha value is -0.570. The second kappa shape index (κ2) is 7.28. The average Bonchev–Trinajstić information content (AvgIpc) is 2.80. The van der Waals surface area contributed by atoms with Crippen molar-refractivity contribution in [2.75, 3.05) is 19.6 Å². The van der Waals surface area contributed by atoms with E-state index >= 15 is 0 Å². The number of likely N-dealkylation sites (tertiary alicyclic amines) is 1. The summed E-state index contributed by atoms with van der Waals surface area (Å²) in [5, 5.41) is 3.44. The zero-order valence-electron chi connectivity index (χ0n) is 12.7. The Morgan fingerprint density at radius 2 is 1.89 bits per heavy atom. The van der Waals surface area contributed by atoms with Crippen molar-refractivity contribution < 1.29 is 4.79 Å². The topological polar surface area (TPSA) is 32.3 Å². The number of nitrogens with one attached hydrogen (secondary N) is 1. The van der Waals surface area contributed by atoms with Crippen LogP contribution in [-0.4, -0.2) is 36.5 Å². The van der Waals surface area contributed by atoms with Gasteiger partial charge in [0.1, 0.15) is 0 Å². The third-order valence-electron chi connectivity index (χ3n) is 4.89. The molecule has 3 heteroatoms. The molecule has 1 amide bonds. The molecule has 2 unspecified atom stereocenters. The first kappa shape index (κ1) is 14.8. The SMILES string of the molecule is CC(C)C1CCCN(C(=O)C2CCCCCN2)CC1. The molecule has 0 aromatic heterocycles. The van der Waals surface area contributed by atoms with Crippen LogP contribution < -0.4 is 5.32 Å². The van der Waals surface area contributed by atoms with E-state index in [0.717, 1.165) is 37.9 Å². The van der Waals surface area contributed by atoms with Gasteiger partial charge in [0.2, 0.25) is 5.91 Å². The summed E-state index contributed by atoms with van der Waals surface area (Å²) in [5.41, 5.74) is 0. The fourth-order valence-electron chi connectivity index (χ4n) is 3.47. The van der Waals surface area contributed by atoms with Gasteiger partial charge in [-0.3, -0.25) is 4.79 Å². The predicted octanol–water partition coefficient (Wildman–Crippen LogP) is 2.80. The second-order valence-corrected chi connectivity index (χ2v) is 6.62. The number of hydrogen-bond acceptors (Lipinski definition) is 2. The third-order valence-corrected chi connectivity index (χ3v) is 4.89. The molecular weight excluding hydrogens is 236 g/mol. The first-order valence-corrected chi connectivity index (χ1v) is 8.20. The van der Waals surface area contributed by atoms with Crippen molar-refractivity contribution in [2.45, 2.75) is 64.8 Å². The number of rotatable bonds is 2. The molecule has 2 aliphatic rings. The molecule has 0 spiro atoms. The maximum atomic E-state index is 12.6. The Morgan fingerprint density at radius 1 is 1.05 bits per heavy atom. The molecular formula is C16H30N2O. The summed E-state index contributed by atoms with van der Waals surface area (Å²) >= 11 is 0. The summed E-state index contributed by atoms with van der Waals surface area (Å²) in [6.07, 6.45) is 8.39. The van der Waals surface area contributed by atoms with Crippen LogP contribution in [0.3, 0.4) is 0 Å². The maximum Gasteiger partial charge on any atom is 0.239 e. The van der Waals surface area contributed by atoms with E-state index in [2.05, 4.69) is 24.1 Å². The van der Waals surface area contributed by atoms with E-state index < -0.39 is 0 Å². The van der Waals surface area contributed by atoms with Crippen LogP contribution in [-0.2, 0) is 4.79 Å². The smallest absolute Gasteiger partial charge is 0.239 e. The lowest BCUT2D eigenvalue weighted by Gasteiger charge is -2.26. The monoisotopic (exact) mass is 266 g/mol. The number of hydrogen-bond donors (Lipinski definition) is 1. The van der Waals surface area contributed by atoms with Crippen molar-refractivity contribution in [3.8, 4) is 0 Å². The lowest BCUT2D eigenvalue weighted by molar-refractivity contribution is -0.133. The molecule has 2 rings (SSSR count). The highest BCUT2D eigenvalue weighted by Crippen LogP contribution is 2.25. The Bertz CT molecular complexity index is 282. The standard InChI is InChI=1S/C16H30N2O/c1-13(2)14-7-6-11-18(12-9-14)16(19)15-8-4-3-5-10-17-15/h13-15,17H,3-12H2,1-2H3. The zero-order chi connectivity index (χ0) is 13.7. The van der Waals surface area contributed by atoms with E-state index in [0.29, 0.717) is 5.91 Å². The van der Waals surface area contributed by atoms with Gasteiger partial charge >= 0.3 is 0 Å². The summed E-state index contributed by atoms with van der Waals surface area (Å²) in [6.45, 7) is 7.59. The molecule has 2 heterocycles. The number of amides is 1. The summed E-state index contributed by atoms with van der Waals surface area (Å²) in [7, 11) is 0. The van der Waals surface area contributed by atoms with Crippen LogP contribution in [0.2, 0.25) is 0 Å². The predicted molar refractivity (Wildman–Crippen MR) is 79.0 cm³/mol. The normalized spacial score (nSPS) is 29.9. The quantitative estimate of drug-likeness (QED) is 0.833. The minimum atomic E-state index is 0.0955. The van der Waals surface area contributed by atoms with E-state index in [1.807, 2.05) is 0 Å². The van der Waals surface area contributed by atoms with Gasteiger partial charge in [-0.2, -0.15) is 0 Å². The van der Waals surface area contributed by atoms with E-state index in [1.54, 1.807) is 0 Å². The molecule has 0 aliphatic carbocycles. The first-order valence-electron chi connectivity index (χ1n) is 8.20. The summed E-state index contributed by atoms with van der Waals surface area (Å²) in [5.74, 6) is 1.93. The Morgan fingerprint density at radius 3 is 2.68 bits per heavy atom. The van der Waals surface area contributed by atoms with Gasteiger partial charge in [-0.15, -0.1) is 0 Å². The van der Waals surface area contributed by atoms with Gasteiger partial charge in [-0.25, -0.2) is 0 Å². The van der Waals surface area contributed by atoms with Gasteiger partial charge in [-0.1, -0.05) is 26.7 Å². The van der Waals surface area contributed by atoms with E-state index in [4.69, 9.17) is 0 Å². The molecule has 0 bridgehead atoms. The van der Waals surface area contributed by atoms with Crippen molar-refractivity contribution in [1.82, 2.24) is 10.2 Å². The van der Waals surface area contributed by atoms with Gasteiger partial charge < -0.3 is 10.2 Å². The molecule has 2 atom stereocenters. The largest absolute Gasteiger partial charge is 0.341 e. The Labute approximate surface area is 118 Å². The Kier molecular flexibility index (Phi) is 5.68. The molecule has 0 radical (unpaired) electrons. The molecule has 0 saturated carbocycles. The van der Waals surface area contributed by atoms with Gasteiger partial charge in [0.25, 0.3) is 0 Å². The van der Waals surface area contributed by atoms with Gasteiger partial charge in [0, 0.05) is 13.1 Å². The summed E-state index contributed by atoms with van der Waals surface area (Å²) < 4.78 is 0. The fraction of sp³-hybridized carbons (Fsp3) is 0.938. The van der Waals surface area contributed by atoms with Gasteiger partial charge in [0.05, 0.1) is 6.04 Å². The molecule has 0 aromatic rings. The maximum absolute atomic E-state index is 12.6. The molecule has 3 nitrogen and oxygen atoms in total. The fourth-order valence-corrected chi connectivity index (χ4v) is 3.47. The van der Waals surface area contributed by atoms with Gasteiger partial charge in [0.15, 0.2) is 0 Å². The summed E-state index contributed by atoms with van der Waals surface area (Å²) in [4.78, 5) is 14.7. The van der Waals surface area contributed by atoms with Crippen LogP contribution in [0.4, 0.5) is 0 Å². The highest BCUT2D eigenvalue weighted by Gasteiger charge is 2.27. The molecule has 0 aromatic carbocycles. The lowest BCUT2D eigenvalue weighted by atomic mass is 9.89. The van der Waals surface area contributed by atoms with E-state index in [-0.39, 0.29) is 6.04 Å². The molecule has 1 N–H and O–H groups in total. The highest BCUT2D eigenvalue weighted by molar-refractivity contribution is 5.81. The van der Waals surface area contributed by atoms with Crippen LogP contribution in [0.1, 0.15) is 58.8 Å². The minimum Gasteiger partial charge on any atom is -0.341 e. The third kappa shape index (κ3) is 4.20. The van der Waals surface area contributed by atoms with Crippen LogP contribution in [0.25, 0.3) is 0 Å². The van der Waals surface area contributed by atoms with Crippen molar-refractivity contribution in [2.24, 2.45) is 11.8 Å². The zero-order valence-corrected chi connectivity index (χ0v) is 12.7. The minimum absolute atomic E-state index is 0.0955. The number of carbonyl (C=O) groups is 1. The molecule has 2 saturated heterocycles. The lowest BCUT2D eigenvalue weighted by Crippen LogP contribution is -2.46. The van der Waals surface area contributed by atoms with Crippen LogP contribution in [0, 0.1) is 11.8 Å². The summed E-state index contributed by atoms with van der Waals surface area (Å²) in [6, 6.07) is 0.0955. The molecule has 110 valence electrons. The van der Waals surface area contributed by atoms with Crippen molar-refractivity contribution in [3.05, 3.63) is 0 Å². The highest BCUT2D eigenvalue weighted by atomic mass is 16.2. The molecule has 2 fully saturated rings. The number of carbonyl (C=O) groups excluding carboxylic acids is 1. The van der Waals surface area contributed by atoms with Crippen LogP contribution in [0.5, 0.6) is 0 Å². The first-order chi connectivity index (χ1) is 9.18.